The second kappa shape index (κ2) is 10.0. The van der Waals surface area contributed by atoms with Gasteiger partial charge in [0.15, 0.2) is 6.61 Å². The van der Waals surface area contributed by atoms with Gasteiger partial charge in [-0.05, 0) is 47.7 Å². The van der Waals surface area contributed by atoms with Crippen LogP contribution in [0.25, 0.3) is 0 Å². The molecule has 5 nitrogen and oxygen atoms in total. The molecule has 7 heteroatoms. The van der Waals surface area contributed by atoms with Gasteiger partial charge in [0.1, 0.15) is 11.5 Å². The lowest BCUT2D eigenvalue weighted by Gasteiger charge is -2.14. The molecule has 2 aromatic carbocycles. The van der Waals surface area contributed by atoms with Crippen molar-refractivity contribution in [3.05, 3.63) is 57.1 Å². The van der Waals surface area contributed by atoms with Gasteiger partial charge in [-0.2, -0.15) is 0 Å². The highest BCUT2D eigenvalue weighted by molar-refractivity contribution is 6.36. The number of amides is 1. The van der Waals surface area contributed by atoms with Crippen molar-refractivity contribution in [3.8, 4) is 11.5 Å². The first-order valence-electron chi connectivity index (χ1n) is 9.04. The molecule has 28 heavy (non-hydrogen) atoms. The molecule has 1 atom stereocenters. The number of hydrogen-bond donors (Lipinski definition) is 3. The van der Waals surface area contributed by atoms with E-state index in [1.807, 2.05) is 26.0 Å². The van der Waals surface area contributed by atoms with Crippen molar-refractivity contribution in [2.24, 2.45) is 0 Å². The summed E-state index contributed by atoms with van der Waals surface area (Å²) in [5, 5.41) is 22.4. The zero-order valence-corrected chi connectivity index (χ0v) is 17.6. The van der Waals surface area contributed by atoms with Crippen molar-refractivity contribution in [3.63, 3.8) is 0 Å². The second-order valence-corrected chi connectivity index (χ2v) is 7.84. The van der Waals surface area contributed by atoms with E-state index in [2.05, 4.69) is 5.32 Å². The van der Waals surface area contributed by atoms with Crippen molar-refractivity contribution >= 4 is 29.1 Å². The van der Waals surface area contributed by atoms with E-state index >= 15 is 0 Å². The van der Waals surface area contributed by atoms with Gasteiger partial charge in [-0.3, -0.25) is 4.79 Å². The molecule has 0 aliphatic heterocycles. The third-order valence-corrected chi connectivity index (χ3v) is 4.94. The van der Waals surface area contributed by atoms with Crippen molar-refractivity contribution in [1.29, 1.82) is 0 Å². The zero-order chi connectivity index (χ0) is 20.8. The third-order valence-electron chi connectivity index (χ3n) is 4.26. The van der Waals surface area contributed by atoms with Crippen LogP contribution >= 0.6 is 23.2 Å². The summed E-state index contributed by atoms with van der Waals surface area (Å²) in [6, 6.07) is 8.36. The minimum Gasteiger partial charge on any atom is -0.508 e. The van der Waals surface area contributed by atoms with Crippen molar-refractivity contribution in [2.75, 3.05) is 13.2 Å². The van der Waals surface area contributed by atoms with Gasteiger partial charge in [-0.15, -0.1) is 0 Å². The maximum atomic E-state index is 11.7. The number of ether oxygens (including phenoxy) is 1. The molecule has 3 N–H and O–H groups in total. The lowest BCUT2D eigenvalue weighted by atomic mass is 9.96. The number of benzene rings is 2. The van der Waals surface area contributed by atoms with Gasteiger partial charge in [-0.1, -0.05) is 49.2 Å². The Balaban J connectivity index is 2.12. The summed E-state index contributed by atoms with van der Waals surface area (Å²) >= 11 is 12.8. The summed E-state index contributed by atoms with van der Waals surface area (Å²) < 4.78 is 5.45. The topological polar surface area (TPSA) is 78.8 Å². The van der Waals surface area contributed by atoms with Gasteiger partial charge >= 0.3 is 0 Å². The number of halogens is 2. The molecule has 1 amide bonds. The minimum atomic E-state index is -0.344. The quantitative estimate of drug-likeness (QED) is 0.589. The van der Waals surface area contributed by atoms with Crippen molar-refractivity contribution in [1.82, 2.24) is 5.32 Å². The van der Waals surface area contributed by atoms with Gasteiger partial charge in [-0.25, -0.2) is 0 Å². The van der Waals surface area contributed by atoms with Crippen molar-refractivity contribution < 1.29 is 19.7 Å². The first-order valence-corrected chi connectivity index (χ1v) is 9.79. The van der Waals surface area contributed by atoms with Crippen LogP contribution < -0.4 is 10.1 Å². The van der Waals surface area contributed by atoms with E-state index in [0.717, 1.165) is 16.7 Å². The van der Waals surface area contributed by atoms with E-state index in [9.17, 15) is 9.90 Å². The SMILES string of the molecule is CC(CO)NC(=O)COc1cc(Cl)c(Cc2ccc(O)c(C(C)C)c2)c(Cl)c1. The Hall–Kier alpha value is -1.95. The average molecular weight is 426 g/mol. The molecule has 0 saturated heterocycles. The van der Waals surface area contributed by atoms with Crippen LogP contribution in [0, 0.1) is 0 Å². The summed E-state index contributed by atoms with van der Waals surface area (Å²) in [7, 11) is 0. The Kier molecular flexibility index (Phi) is 7.98. The molecule has 2 aromatic rings. The fourth-order valence-electron chi connectivity index (χ4n) is 2.72. The zero-order valence-electron chi connectivity index (χ0n) is 16.1. The van der Waals surface area contributed by atoms with Crippen LogP contribution in [0.3, 0.4) is 0 Å². The van der Waals surface area contributed by atoms with Crippen LogP contribution in [0.2, 0.25) is 10.0 Å². The minimum absolute atomic E-state index is 0.145. The van der Waals surface area contributed by atoms with Crippen LogP contribution in [0.1, 0.15) is 43.4 Å². The number of aliphatic hydroxyl groups excluding tert-OH is 1. The highest BCUT2D eigenvalue weighted by Gasteiger charge is 2.14. The second-order valence-electron chi connectivity index (χ2n) is 7.03. The van der Waals surface area contributed by atoms with E-state index < -0.39 is 0 Å². The molecule has 1 unspecified atom stereocenters. The number of phenolic OH excluding ortho intramolecular Hbond substituents is 1. The number of nitrogens with one attached hydrogen (secondary N) is 1. The molecule has 2 rings (SSSR count). The number of carbonyl (C=O) groups excluding carboxylic acids is 1. The molecule has 0 spiro atoms. The van der Waals surface area contributed by atoms with Gasteiger partial charge in [0.2, 0.25) is 0 Å². The number of phenols is 1. The molecule has 0 bridgehead atoms. The Morgan fingerprint density at radius 2 is 1.79 bits per heavy atom. The van der Waals surface area contributed by atoms with E-state index in [0.29, 0.717) is 22.2 Å². The number of hydrogen-bond acceptors (Lipinski definition) is 4. The molecule has 0 heterocycles. The third kappa shape index (κ3) is 6.03. The lowest BCUT2D eigenvalue weighted by Crippen LogP contribution is -2.38. The molecule has 0 aromatic heterocycles. The number of aliphatic hydroxyl groups is 1. The monoisotopic (exact) mass is 425 g/mol. The summed E-state index contributed by atoms with van der Waals surface area (Å²) in [4.78, 5) is 11.7. The van der Waals surface area contributed by atoms with Crippen molar-refractivity contribution in [2.45, 2.75) is 39.2 Å². The molecule has 0 aliphatic carbocycles. The Morgan fingerprint density at radius 3 is 2.36 bits per heavy atom. The first-order chi connectivity index (χ1) is 13.2. The van der Waals surface area contributed by atoms with E-state index in [-0.39, 0.29) is 36.8 Å². The van der Waals surface area contributed by atoms with E-state index in [4.69, 9.17) is 33.0 Å². The number of aromatic hydroxyl groups is 1. The predicted octanol–water partition coefficient (Wildman–Crippen LogP) is 4.29. The molecule has 0 radical (unpaired) electrons. The first kappa shape index (κ1) is 22.3. The largest absolute Gasteiger partial charge is 0.508 e. The van der Waals surface area contributed by atoms with Crippen LogP contribution in [-0.2, 0) is 11.2 Å². The Labute approximate surface area is 175 Å². The highest BCUT2D eigenvalue weighted by Crippen LogP contribution is 2.33. The Bertz CT molecular complexity index is 816. The Morgan fingerprint density at radius 1 is 1.14 bits per heavy atom. The number of carbonyl (C=O) groups is 1. The predicted molar refractivity (Wildman–Crippen MR) is 112 cm³/mol. The van der Waals surface area contributed by atoms with Gasteiger partial charge in [0, 0.05) is 22.5 Å². The molecule has 0 saturated carbocycles. The molecule has 0 aliphatic rings. The summed E-state index contributed by atoms with van der Waals surface area (Å²) in [5.74, 6) is 0.511. The van der Waals surface area contributed by atoms with Crippen LogP contribution in [-0.4, -0.2) is 35.4 Å². The highest BCUT2D eigenvalue weighted by atomic mass is 35.5. The fourth-order valence-corrected chi connectivity index (χ4v) is 3.32. The smallest absolute Gasteiger partial charge is 0.258 e. The van der Waals surface area contributed by atoms with Gasteiger partial charge < -0.3 is 20.3 Å². The van der Waals surface area contributed by atoms with Gasteiger partial charge in [0.25, 0.3) is 5.91 Å². The van der Waals surface area contributed by atoms with Crippen LogP contribution in [0.4, 0.5) is 0 Å². The fraction of sp³-hybridized carbons (Fsp3) is 0.381. The van der Waals surface area contributed by atoms with Crippen LogP contribution in [0.5, 0.6) is 11.5 Å². The lowest BCUT2D eigenvalue weighted by molar-refractivity contribution is -0.124. The standard InChI is InChI=1S/C21H25Cl2NO4/c1-12(2)16-6-14(4-5-20(16)26)7-17-18(22)8-15(9-19(17)23)28-11-21(27)24-13(3)10-25/h4-6,8-9,12-13,25-26H,7,10-11H2,1-3H3,(H,24,27). The van der Waals surface area contributed by atoms with Gasteiger partial charge in [0.05, 0.1) is 6.61 Å². The normalized spacial score (nSPS) is 12.1. The molecule has 0 fully saturated rings. The summed E-state index contributed by atoms with van der Waals surface area (Å²) in [6.45, 7) is 5.37. The maximum Gasteiger partial charge on any atom is 0.258 e. The molecular formula is C21H25Cl2NO4. The summed E-state index contributed by atoms with van der Waals surface area (Å²) in [6.07, 6.45) is 0.506. The molecule has 152 valence electrons. The van der Waals surface area contributed by atoms with E-state index in [1.165, 1.54) is 0 Å². The summed E-state index contributed by atoms with van der Waals surface area (Å²) in [5.41, 5.74) is 2.60. The van der Waals surface area contributed by atoms with Crippen LogP contribution in [0.15, 0.2) is 30.3 Å². The molecular weight excluding hydrogens is 401 g/mol. The average Bonchev–Trinajstić information content (AvgIpc) is 2.63. The maximum absolute atomic E-state index is 11.7. The number of rotatable bonds is 8. The van der Waals surface area contributed by atoms with E-state index in [1.54, 1.807) is 25.1 Å².